The Balaban J connectivity index is 2.48. The van der Waals surface area contributed by atoms with Gasteiger partial charge in [0.05, 0.1) is 9.30 Å². The second-order valence-electron chi connectivity index (χ2n) is 2.14. The van der Waals surface area contributed by atoms with Gasteiger partial charge in [-0.3, -0.25) is 0 Å². The molecule has 1 aliphatic heterocycles. The van der Waals surface area contributed by atoms with E-state index in [1.807, 2.05) is 0 Å². The molecule has 0 saturated carbocycles. The second-order valence-corrected chi connectivity index (χ2v) is 2.55. The summed E-state index contributed by atoms with van der Waals surface area (Å²) in [6, 6.07) is 5.22. The molecule has 0 radical (unpaired) electrons. The molecular formula is C8H7ClO. The maximum absolute atomic E-state index is 7.35. The van der Waals surface area contributed by atoms with Crippen molar-refractivity contribution in [2.45, 2.75) is 6.42 Å². The lowest BCUT2D eigenvalue weighted by Gasteiger charge is -1.97. The van der Waals surface area contributed by atoms with Crippen LogP contribution in [0.15, 0.2) is 18.2 Å². The minimum Gasteiger partial charge on any atom is -0.493 e. The third-order valence-electron chi connectivity index (χ3n) is 1.51. The number of fused-ring (bicyclic) bond motifs is 1. The van der Waals surface area contributed by atoms with Gasteiger partial charge in [-0.2, -0.15) is 0 Å². The van der Waals surface area contributed by atoms with Crippen molar-refractivity contribution in [1.82, 2.24) is 0 Å². The SMILES string of the molecule is [2H]C1([2H])Cc2c(Cl)cccc2O1. The zero-order valence-corrected chi connectivity index (χ0v) is 5.98. The van der Waals surface area contributed by atoms with Crippen molar-refractivity contribution in [3.05, 3.63) is 28.8 Å². The number of ether oxygens (including phenoxy) is 1. The van der Waals surface area contributed by atoms with E-state index < -0.39 is 6.56 Å². The Morgan fingerprint density at radius 2 is 2.50 bits per heavy atom. The average Bonchev–Trinajstić information content (AvgIpc) is 2.25. The van der Waals surface area contributed by atoms with Crippen LogP contribution in [-0.4, -0.2) is 6.56 Å². The van der Waals surface area contributed by atoms with Gasteiger partial charge in [0.15, 0.2) is 0 Å². The van der Waals surface area contributed by atoms with Crippen molar-refractivity contribution in [3.8, 4) is 5.75 Å². The van der Waals surface area contributed by atoms with Gasteiger partial charge in [0.1, 0.15) is 5.75 Å². The van der Waals surface area contributed by atoms with E-state index in [1.165, 1.54) is 0 Å². The van der Waals surface area contributed by atoms with Crippen LogP contribution in [0.2, 0.25) is 5.02 Å². The Labute approximate surface area is 67.4 Å². The summed E-state index contributed by atoms with van der Waals surface area (Å²) in [4.78, 5) is 0. The Kier molecular flexibility index (Phi) is 0.920. The highest BCUT2D eigenvalue weighted by molar-refractivity contribution is 6.31. The fourth-order valence-corrected chi connectivity index (χ4v) is 1.22. The number of rotatable bonds is 0. The van der Waals surface area contributed by atoms with E-state index in [9.17, 15) is 0 Å². The third kappa shape index (κ3) is 0.781. The highest BCUT2D eigenvalue weighted by Crippen LogP contribution is 2.30. The normalized spacial score (nSPS) is 22.5. The molecule has 1 aliphatic rings. The first-order valence-electron chi connectivity index (χ1n) is 4.05. The summed E-state index contributed by atoms with van der Waals surface area (Å²) in [5.74, 6) is 0.563. The van der Waals surface area contributed by atoms with Crippen molar-refractivity contribution in [1.29, 1.82) is 0 Å². The fourth-order valence-electron chi connectivity index (χ4n) is 0.992. The Morgan fingerprint density at radius 3 is 3.30 bits per heavy atom. The summed E-state index contributed by atoms with van der Waals surface area (Å²) >= 11 is 5.85. The second kappa shape index (κ2) is 2.17. The topological polar surface area (TPSA) is 9.23 Å². The van der Waals surface area contributed by atoms with Crippen LogP contribution in [0.4, 0.5) is 0 Å². The number of hydrogen-bond acceptors (Lipinski definition) is 1. The first-order chi connectivity index (χ1) is 5.58. The quantitative estimate of drug-likeness (QED) is 0.560. The van der Waals surface area contributed by atoms with E-state index in [0.29, 0.717) is 10.8 Å². The van der Waals surface area contributed by atoms with Gasteiger partial charge in [-0.15, -0.1) is 0 Å². The summed E-state index contributed by atoms with van der Waals surface area (Å²) in [5.41, 5.74) is 0.768. The molecule has 10 heavy (non-hydrogen) atoms. The van der Waals surface area contributed by atoms with Crippen LogP contribution in [0.3, 0.4) is 0 Å². The lowest BCUT2D eigenvalue weighted by molar-refractivity contribution is 0.357. The molecule has 0 unspecified atom stereocenters. The van der Waals surface area contributed by atoms with E-state index in [4.69, 9.17) is 19.1 Å². The van der Waals surface area contributed by atoms with Gasteiger partial charge in [0, 0.05) is 17.0 Å². The molecule has 2 heteroatoms. The molecule has 52 valence electrons. The molecule has 0 aromatic heterocycles. The first-order valence-corrected chi connectivity index (χ1v) is 3.43. The van der Waals surface area contributed by atoms with Gasteiger partial charge in [0.25, 0.3) is 0 Å². The minimum atomic E-state index is -1.59. The van der Waals surface area contributed by atoms with Gasteiger partial charge >= 0.3 is 0 Å². The Morgan fingerprint density at radius 1 is 1.60 bits per heavy atom. The monoisotopic (exact) mass is 156 g/mol. The van der Waals surface area contributed by atoms with Gasteiger partial charge in [-0.1, -0.05) is 17.7 Å². The summed E-state index contributed by atoms with van der Waals surface area (Å²) in [5, 5.41) is 0.578. The maximum atomic E-state index is 7.35. The average molecular weight is 157 g/mol. The number of hydrogen-bond donors (Lipinski definition) is 0. The van der Waals surface area contributed by atoms with E-state index in [-0.39, 0.29) is 6.42 Å². The lowest BCUT2D eigenvalue weighted by atomic mass is 10.2. The van der Waals surface area contributed by atoms with Crippen molar-refractivity contribution in [3.63, 3.8) is 0 Å². The molecule has 2 rings (SSSR count). The van der Waals surface area contributed by atoms with E-state index in [1.54, 1.807) is 18.2 Å². The van der Waals surface area contributed by atoms with Crippen molar-refractivity contribution >= 4 is 11.6 Å². The number of halogens is 1. The predicted molar refractivity (Wildman–Crippen MR) is 40.7 cm³/mol. The van der Waals surface area contributed by atoms with Gasteiger partial charge < -0.3 is 4.74 Å². The zero-order valence-electron chi connectivity index (χ0n) is 7.23. The molecule has 0 saturated heterocycles. The minimum absolute atomic E-state index is 0.238. The van der Waals surface area contributed by atoms with Gasteiger partial charge in [-0.25, -0.2) is 0 Å². The van der Waals surface area contributed by atoms with Crippen molar-refractivity contribution in [2.24, 2.45) is 0 Å². The zero-order chi connectivity index (χ0) is 8.77. The lowest BCUT2D eigenvalue weighted by Crippen LogP contribution is -1.85. The van der Waals surface area contributed by atoms with E-state index >= 15 is 0 Å². The van der Waals surface area contributed by atoms with Crippen LogP contribution in [0.1, 0.15) is 8.30 Å². The smallest absolute Gasteiger partial charge is 0.124 e. The highest BCUT2D eigenvalue weighted by atomic mass is 35.5. The van der Waals surface area contributed by atoms with E-state index in [2.05, 4.69) is 0 Å². The molecule has 0 bridgehead atoms. The standard InChI is InChI=1S/C8H7ClO/c9-7-2-1-3-8-6(7)4-5-10-8/h1-3H,4-5H2/i5D2. The summed E-state index contributed by atoms with van der Waals surface area (Å²) < 4.78 is 19.7. The highest BCUT2D eigenvalue weighted by Gasteiger charge is 2.13. The van der Waals surface area contributed by atoms with Crippen LogP contribution in [0.25, 0.3) is 0 Å². The molecule has 0 atom stereocenters. The molecule has 1 heterocycles. The van der Waals surface area contributed by atoms with Crippen LogP contribution in [0, 0.1) is 0 Å². The van der Waals surface area contributed by atoms with Gasteiger partial charge in [-0.05, 0) is 12.1 Å². The van der Waals surface area contributed by atoms with Crippen LogP contribution in [0.5, 0.6) is 5.75 Å². The molecule has 0 amide bonds. The summed E-state index contributed by atoms with van der Waals surface area (Å²) in [7, 11) is 0. The van der Waals surface area contributed by atoms with E-state index in [0.717, 1.165) is 5.56 Å². The molecule has 1 aromatic carbocycles. The molecule has 0 aliphatic carbocycles. The Hall–Kier alpha value is -0.690. The molecular weight excluding hydrogens is 148 g/mol. The molecule has 0 N–H and O–H groups in total. The van der Waals surface area contributed by atoms with Crippen LogP contribution >= 0.6 is 11.6 Å². The summed E-state index contributed by atoms with van der Waals surface area (Å²) in [6.07, 6.45) is 0.238. The Bertz CT molecular complexity index is 325. The van der Waals surface area contributed by atoms with Crippen LogP contribution < -0.4 is 4.74 Å². The molecule has 0 spiro atoms. The van der Waals surface area contributed by atoms with Crippen molar-refractivity contribution < 1.29 is 7.48 Å². The predicted octanol–water partition coefficient (Wildman–Crippen LogP) is 2.27. The maximum Gasteiger partial charge on any atom is 0.124 e. The largest absolute Gasteiger partial charge is 0.493 e. The summed E-state index contributed by atoms with van der Waals surface area (Å²) in [6.45, 7) is -1.59. The first kappa shape index (κ1) is 4.24. The fraction of sp³-hybridized carbons (Fsp3) is 0.250. The number of benzene rings is 1. The molecule has 1 nitrogen and oxygen atoms in total. The third-order valence-corrected chi connectivity index (χ3v) is 1.86. The molecule has 1 aromatic rings. The van der Waals surface area contributed by atoms with Gasteiger partial charge in [0.2, 0.25) is 0 Å². The van der Waals surface area contributed by atoms with Crippen LogP contribution in [-0.2, 0) is 6.42 Å². The van der Waals surface area contributed by atoms with Crippen molar-refractivity contribution in [2.75, 3.05) is 6.56 Å². The molecule has 0 fully saturated rings.